The Bertz CT molecular complexity index is 568. The predicted octanol–water partition coefficient (Wildman–Crippen LogP) is 6.30. The van der Waals surface area contributed by atoms with Crippen molar-refractivity contribution in [1.82, 2.24) is 0 Å². The summed E-state index contributed by atoms with van der Waals surface area (Å²) in [6, 6.07) is 16.0. The smallest absolute Gasteiger partial charge is 0.119 e. The molecule has 2 aromatic carbocycles. The van der Waals surface area contributed by atoms with Gasteiger partial charge >= 0.3 is 0 Å². The van der Waals surface area contributed by atoms with Gasteiger partial charge in [0.15, 0.2) is 0 Å². The van der Waals surface area contributed by atoms with Gasteiger partial charge < -0.3 is 10.1 Å². The minimum Gasteiger partial charge on any atom is -0.494 e. The van der Waals surface area contributed by atoms with Crippen LogP contribution in [0.3, 0.4) is 0 Å². The Hall–Kier alpha value is -1.67. The molecule has 23 heavy (non-hydrogen) atoms. The standard InChI is InChI=1S/C20H26ClNO/c1-2-3-4-5-8-15-23-18-13-11-17(12-14-18)16-22-20-10-7-6-9-19(20)21/h6-7,9-14,22H,2-5,8,15-16H2,1H3. The van der Waals surface area contributed by atoms with Crippen molar-refractivity contribution < 1.29 is 4.74 Å². The molecule has 0 bridgehead atoms. The molecule has 0 fully saturated rings. The molecule has 0 aliphatic carbocycles. The average Bonchev–Trinajstić information content (AvgIpc) is 2.58. The maximum absolute atomic E-state index is 6.14. The van der Waals surface area contributed by atoms with E-state index in [1.165, 1.54) is 31.2 Å². The van der Waals surface area contributed by atoms with E-state index < -0.39 is 0 Å². The largest absolute Gasteiger partial charge is 0.494 e. The van der Waals surface area contributed by atoms with Crippen molar-refractivity contribution in [2.75, 3.05) is 11.9 Å². The summed E-state index contributed by atoms with van der Waals surface area (Å²) in [4.78, 5) is 0. The number of benzene rings is 2. The molecule has 0 unspecified atom stereocenters. The molecule has 0 radical (unpaired) electrons. The first-order chi connectivity index (χ1) is 11.3. The van der Waals surface area contributed by atoms with E-state index >= 15 is 0 Å². The lowest BCUT2D eigenvalue weighted by Crippen LogP contribution is -2.00. The van der Waals surface area contributed by atoms with Crippen LogP contribution < -0.4 is 10.1 Å². The molecule has 0 aliphatic rings. The van der Waals surface area contributed by atoms with Gasteiger partial charge in [0, 0.05) is 6.54 Å². The van der Waals surface area contributed by atoms with Crippen LogP contribution in [0.25, 0.3) is 0 Å². The van der Waals surface area contributed by atoms with Crippen LogP contribution in [0.1, 0.15) is 44.6 Å². The van der Waals surface area contributed by atoms with Gasteiger partial charge in [-0.05, 0) is 36.2 Å². The maximum atomic E-state index is 6.14. The zero-order valence-electron chi connectivity index (χ0n) is 13.9. The van der Waals surface area contributed by atoms with E-state index in [0.717, 1.165) is 36.0 Å². The average molecular weight is 332 g/mol. The summed E-state index contributed by atoms with van der Waals surface area (Å²) in [6.07, 6.45) is 6.31. The molecule has 1 N–H and O–H groups in total. The second-order valence-corrected chi connectivity index (χ2v) is 6.15. The Kier molecular flexibility index (Phi) is 7.82. The van der Waals surface area contributed by atoms with Crippen molar-refractivity contribution in [2.24, 2.45) is 0 Å². The van der Waals surface area contributed by atoms with Crippen LogP contribution >= 0.6 is 11.6 Å². The van der Waals surface area contributed by atoms with E-state index in [9.17, 15) is 0 Å². The Balaban J connectivity index is 1.71. The van der Waals surface area contributed by atoms with Crippen molar-refractivity contribution in [1.29, 1.82) is 0 Å². The molecule has 0 spiro atoms. The van der Waals surface area contributed by atoms with Crippen LogP contribution in [0.5, 0.6) is 5.75 Å². The van der Waals surface area contributed by atoms with Gasteiger partial charge in [0.05, 0.1) is 17.3 Å². The first-order valence-electron chi connectivity index (χ1n) is 8.49. The Morgan fingerprint density at radius 2 is 1.65 bits per heavy atom. The number of nitrogens with one attached hydrogen (secondary N) is 1. The van der Waals surface area contributed by atoms with Crippen LogP contribution in [0.4, 0.5) is 5.69 Å². The molecule has 0 heterocycles. The molecule has 0 saturated carbocycles. The number of para-hydroxylation sites is 1. The zero-order valence-corrected chi connectivity index (χ0v) is 14.6. The third-order valence-electron chi connectivity index (χ3n) is 3.80. The van der Waals surface area contributed by atoms with Gasteiger partial charge in [-0.3, -0.25) is 0 Å². The summed E-state index contributed by atoms with van der Waals surface area (Å²) in [5, 5.41) is 4.09. The van der Waals surface area contributed by atoms with Crippen molar-refractivity contribution in [3.63, 3.8) is 0 Å². The van der Waals surface area contributed by atoms with Gasteiger partial charge in [-0.2, -0.15) is 0 Å². The van der Waals surface area contributed by atoms with Crippen molar-refractivity contribution >= 4 is 17.3 Å². The third kappa shape index (κ3) is 6.54. The van der Waals surface area contributed by atoms with Crippen LogP contribution in [0.2, 0.25) is 5.02 Å². The second kappa shape index (κ2) is 10.2. The summed E-state index contributed by atoms with van der Waals surface area (Å²) in [5.74, 6) is 0.946. The first kappa shape index (κ1) is 17.7. The molecular weight excluding hydrogens is 306 g/mol. The van der Waals surface area contributed by atoms with Crippen molar-refractivity contribution in [3.8, 4) is 5.75 Å². The molecule has 0 aliphatic heterocycles. The SMILES string of the molecule is CCCCCCCOc1ccc(CNc2ccccc2Cl)cc1. The quantitative estimate of drug-likeness (QED) is 0.516. The number of hydrogen-bond acceptors (Lipinski definition) is 2. The third-order valence-corrected chi connectivity index (χ3v) is 4.13. The van der Waals surface area contributed by atoms with Crippen LogP contribution in [-0.2, 0) is 6.54 Å². The lowest BCUT2D eigenvalue weighted by atomic mass is 10.2. The fourth-order valence-corrected chi connectivity index (χ4v) is 2.60. The summed E-state index contributed by atoms with van der Waals surface area (Å²) in [5.41, 5.74) is 2.17. The number of unbranched alkanes of at least 4 members (excludes halogenated alkanes) is 4. The van der Waals surface area contributed by atoms with Gasteiger partial charge in [-0.25, -0.2) is 0 Å². The first-order valence-corrected chi connectivity index (χ1v) is 8.87. The number of rotatable bonds is 10. The number of hydrogen-bond donors (Lipinski definition) is 1. The zero-order chi connectivity index (χ0) is 16.3. The van der Waals surface area contributed by atoms with Gasteiger partial charge in [-0.1, -0.05) is 68.5 Å². The summed E-state index contributed by atoms with van der Waals surface area (Å²) in [7, 11) is 0. The molecule has 0 saturated heterocycles. The van der Waals surface area contributed by atoms with Gasteiger partial charge in [0.1, 0.15) is 5.75 Å². The summed E-state index contributed by atoms with van der Waals surface area (Å²) < 4.78 is 5.78. The van der Waals surface area contributed by atoms with E-state index in [1.54, 1.807) is 0 Å². The van der Waals surface area contributed by atoms with Crippen molar-refractivity contribution in [2.45, 2.75) is 45.6 Å². The summed E-state index contributed by atoms with van der Waals surface area (Å²) in [6.45, 7) is 3.79. The van der Waals surface area contributed by atoms with Crippen LogP contribution in [0, 0.1) is 0 Å². The number of ether oxygens (including phenoxy) is 1. The highest BCUT2D eigenvalue weighted by Crippen LogP contribution is 2.21. The molecule has 3 heteroatoms. The fourth-order valence-electron chi connectivity index (χ4n) is 2.40. The minimum atomic E-state index is 0.746. The number of anilines is 1. The van der Waals surface area contributed by atoms with Gasteiger partial charge in [0.2, 0.25) is 0 Å². The highest BCUT2D eigenvalue weighted by Gasteiger charge is 1.99. The van der Waals surface area contributed by atoms with E-state index in [-0.39, 0.29) is 0 Å². The molecule has 2 nitrogen and oxygen atoms in total. The molecule has 0 aromatic heterocycles. The molecule has 124 valence electrons. The molecule has 2 aromatic rings. The Morgan fingerprint density at radius 1 is 0.913 bits per heavy atom. The number of halogens is 1. The summed E-state index contributed by atoms with van der Waals surface area (Å²) >= 11 is 6.14. The minimum absolute atomic E-state index is 0.746. The fraction of sp³-hybridized carbons (Fsp3) is 0.400. The molecule has 0 atom stereocenters. The highest BCUT2D eigenvalue weighted by molar-refractivity contribution is 6.33. The monoisotopic (exact) mass is 331 g/mol. The van der Waals surface area contributed by atoms with Crippen LogP contribution in [0.15, 0.2) is 48.5 Å². The highest BCUT2D eigenvalue weighted by atomic mass is 35.5. The Morgan fingerprint density at radius 3 is 2.39 bits per heavy atom. The second-order valence-electron chi connectivity index (χ2n) is 5.74. The van der Waals surface area contributed by atoms with E-state index in [4.69, 9.17) is 16.3 Å². The topological polar surface area (TPSA) is 21.3 Å². The van der Waals surface area contributed by atoms with Gasteiger partial charge in [0.25, 0.3) is 0 Å². The molecular formula is C20H26ClNO. The normalized spacial score (nSPS) is 10.5. The predicted molar refractivity (Wildman–Crippen MR) is 99.5 cm³/mol. The van der Waals surface area contributed by atoms with Gasteiger partial charge in [-0.15, -0.1) is 0 Å². The van der Waals surface area contributed by atoms with E-state index in [1.807, 2.05) is 36.4 Å². The van der Waals surface area contributed by atoms with E-state index in [0.29, 0.717) is 0 Å². The maximum Gasteiger partial charge on any atom is 0.119 e. The van der Waals surface area contributed by atoms with E-state index in [2.05, 4.69) is 24.4 Å². The molecule has 2 rings (SSSR count). The Labute approximate surface area is 144 Å². The lowest BCUT2D eigenvalue weighted by molar-refractivity contribution is 0.304. The molecule has 0 amide bonds. The van der Waals surface area contributed by atoms with Crippen molar-refractivity contribution in [3.05, 3.63) is 59.1 Å². The van der Waals surface area contributed by atoms with Crippen LogP contribution in [-0.4, -0.2) is 6.61 Å². The lowest BCUT2D eigenvalue weighted by Gasteiger charge is -2.10.